The molecule has 0 aromatic heterocycles. The lowest BCUT2D eigenvalue weighted by atomic mass is 10.0. The van der Waals surface area contributed by atoms with E-state index >= 15 is 0 Å². The molecule has 0 aliphatic carbocycles. The Bertz CT molecular complexity index is 946. The van der Waals surface area contributed by atoms with E-state index in [1.54, 1.807) is 0 Å². The Kier molecular flexibility index (Phi) is 7.47. The molecule has 1 aliphatic heterocycles. The fourth-order valence-electron chi connectivity index (χ4n) is 3.40. The summed E-state index contributed by atoms with van der Waals surface area (Å²) in [6.07, 6.45) is 0.961. The summed E-state index contributed by atoms with van der Waals surface area (Å²) >= 11 is 0. The minimum absolute atomic E-state index is 0.0287. The van der Waals surface area contributed by atoms with Gasteiger partial charge >= 0.3 is 0 Å². The van der Waals surface area contributed by atoms with Crippen LogP contribution >= 0.6 is 0 Å². The lowest BCUT2D eigenvalue weighted by Crippen LogP contribution is -2.35. The van der Waals surface area contributed by atoms with E-state index in [4.69, 9.17) is 9.47 Å². The molecule has 1 heterocycles. The molecule has 0 fully saturated rings. The van der Waals surface area contributed by atoms with E-state index < -0.39 is 0 Å². The molecule has 0 radical (unpaired) electrons. The van der Waals surface area contributed by atoms with Gasteiger partial charge in [-0.25, -0.2) is 0 Å². The highest BCUT2D eigenvalue weighted by Crippen LogP contribution is 2.31. The molecule has 1 N–H and O–H groups in total. The van der Waals surface area contributed by atoms with Gasteiger partial charge in [0.05, 0.1) is 31.4 Å². The van der Waals surface area contributed by atoms with Crippen LogP contribution in [0.4, 0.5) is 5.69 Å². The van der Waals surface area contributed by atoms with Crippen LogP contribution in [0.5, 0.6) is 5.75 Å². The molecule has 6 nitrogen and oxygen atoms in total. The van der Waals surface area contributed by atoms with E-state index in [2.05, 4.69) is 12.2 Å². The first-order chi connectivity index (χ1) is 14.9. The maximum absolute atomic E-state index is 13.2. The van der Waals surface area contributed by atoms with E-state index in [1.807, 2.05) is 69.3 Å². The molecule has 3 rings (SSSR count). The first-order valence-electron chi connectivity index (χ1n) is 10.8. The third kappa shape index (κ3) is 5.33. The van der Waals surface area contributed by atoms with Crippen molar-refractivity contribution < 1.29 is 19.1 Å². The van der Waals surface area contributed by atoms with Gasteiger partial charge < -0.3 is 14.8 Å². The maximum Gasteiger partial charge on any atom is 0.278 e. The van der Waals surface area contributed by atoms with Gasteiger partial charge in [-0.1, -0.05) is 31.2 Å². The lowest BCUT2D eigenvalue weighted by Gasteiger charge is -2.16. The Morgan fingerprint density at radius 1 is 0.935 bits per heavy atom. The summed E-state index contributed by atoms with van der Waals surface area (Å²) in [6.45, 7) is 8.91. The van der Waals surface area contributed by atoms with Gasteiger partial charge in [-0.15, -0.1) is 0 Å². The molecule has 1 aliphatic rings. The SMILES string of the molecule is CCOc1ccc(C2=C(Nc3ccc(CC)cc3)C(=O)N(CCOC(C)C)C2=O)cc1. The standard InChI is InChI=1S/C25H30N2O4/c1-5-18-7-11-20(12-8-18)26-23-22(19-9-13-21(14-10-19)30-6-2)24(28)27(25(23)29)15-16-31-17(3)4/h7-14,17,26H,5-6,15-16H2,1-4H3. The van der Waals surface area contributed by atoms with Crippen LogP contribution in [0.3, 0.4) is 0 Å². The summed E-state index contributed by atoms with van der Waals surface area (Å²) in [5.41, 5.74) is 3.27. The number of imide groups is 1. The molecule has 0 atom stereocenters. The quantitative estimate of drug-likeness (QED) is 0.580. The van der Waals surface area contributed by atoms with Crippen LogP contribution in [-0.4, -0.2) is 42.6 Å². The number of aryl methyl sites for hydroxylation is 1. The number of amides is 2. The number of carbonyl (C=O) groups is 2. The Morgan fingerprint density at radius 3 is 2.19 bits per heavy atom. The first kappa shape index (κ1) is 22.6. The molecule has 2 aromatic rings. The third-order valence-corrected chi connectivity index (χ3v) is 5.02. The van der Waals surface area contributed by atoms with Gasteiger partial charge in [0.2, 0.25) is 0 Å². The van der Waals surface area contributed by atoms with Crippen LogP contribution in [0, 0.1) is 0 Å². The number of rotatable bonds is 10. The van der Waals surface area contributed by atoms with E-state index in [9.17, 15) is 9.59 Å². The van der Waals surface area contributed by atoms with Crippen LogP contribution in [0.2, 0.25) is 0 Å². The number of hydrogen-bond acceptors (Lipinski definition) is 5. The number of anilines is 1. The molecule has 0 unspecified atom stereocenters. The van der Waals surface area contributed by atoms with Crippen molar-refractivity contribution in [3.8, 4) is 5.75 Å². The normalized spacial score (nSPS) is 14.0. The van der Waals surface area contributed by atoms with Gasteiger partial charge in [0.25, 0.3) is 11.8 Å². The highest BCUT2D eigenvalue weighted by atomic mass is 16.5. The average molecular weight is 423 g/mol. The average Bonchev–Trinajstić information content (AvgIpc) is 2.99. The highest BCUT2D eigenvalue weighted by Gasteiger charge is 2.39. The van der Waals surface area contributed by atoms with Gasteiger partial charge in [0, 0.05) is 5.69 Å². The van der Waals surface area contributed by atoms with Crippen molar-refractivity contribution >= 4 is 23.1 Å². The van der Waals surface area contributed by atoms with Crippen molar-refractivity contribution in [1.29, 1.82) is 0 Å². The van der Waals surface area contributed by atoms with Crippen LogP contribution < -0.4 is 10.1 Å². The zero-order chi connectivity index (χ0) is 22.4. The summed E-state index contributed by atoms with van der Waals surface area (Å²) in [5.74, 6) is 0.0467. The summed E-state index contributed by atoms with van der Waals surface area (Å²) in [4.78, 5) is 27.6. The minimum Gasteiger partial charge on any atom is -0.494 e. The van der Waals surface area contributed by atoms with Crippen LogP contribution in [0.25, 0.3) is 5.57 Å². The summed E-state index contributed by atoms with van der Waals surface area (Å²) < 4.78 is 11.1. The molecule has 0 bridgehead atoms. The second kappa shape index (κ2) is 10.3. The fraction of sp³-hybridized carbons (Fsp3) is 0.360. The van der Waals surface area contributed by atoms with E-state index in [-0.39, 0.29) is 30.2 Å². The molecule has 164 valence electrons. The lowest BCUT2D eigenvalue weighted by molar-refractivity contribution is -0.137. The molecule has 31 heavy (non-hydrogen) atoms. The van der Waals surface area contributed by atoms with Crippen LogP contribution in [-0.2, 0) is 20.7 Å². The van der Waals surface area contributed by atoms with Crippen molar-refractivity contribution in [1.82, 2.24) is 4.90 Å². The van der Waals surface area contributed by atoms with Crippen molar-refractivity contribution in [3.63, 3.8) is 0 Å². The molecule has 0 saturated heterocycles. The predicted octanol–water partition coefficient (Wildman–Crippen LogP) is 4.26. The fourth-order valence-corrected chi connectivity index (χ4v) is 3.40. The number of carbonyl (C=O) groups excluding carboxylic acids is 2. The van der Waals surface area contributed by atoms with Gasteiger partial charge in [0.15, 0.2) is 0 Å². The molecule has 0 spiro atoms. The summed E-state index contributed by atoms with van der Waals surface area (Å²) in [6, 6.07) is 15.1. The van der Waals surface area contributed by atoms with E-state index in [0.717, 1.165) is 17.9 Å². The van der Waals surface area contributed by atoms with Gasteiger partial charge in [-0.3, -0.25) is 14.5 Å². The topological polar surface area (TPSA) is 67.9 Å². The predicted molar refractivity (Wildman–Crippen MR) is 122 cm³/mol. The van der Waals surface area contributed by atoms with Crippen molar-refractivity contribution in [2.75, 3.05) is 25.1 Å². The number of nitrogens with one attached hydrogen (secondary N) is 1. The zero-order valence-electron chi connectivity index (χ0n) is 18.6. The van der Waals surface area contributed by atoms with Crippen LogP contribution in [0.15, 0.2) is 54.2 Å². The molecule has 2 aromatic carbocycles. The number of nitrogens with zero attached hydrogens (tertiary/aromatic N) is 1. The largest absolute Gasteiger partial charge is 0.494 e. The smallest absolute Gasteiger partial charge is 0.278 e. The second-order valence-electron chi connectivity index (χ2n) is 7.56. The molecule has 0 saturated carbocycles. The van der Waals surface area contributed by atoms with Crippen LogP contribution in [0.1, 0.15) is 38.8 Å². The number of benzene rings is 2. The maximum atomic E-state index is 13.2. The van der Waals surface area contributed by atoms with E-state index in [1.165, 1.54) is 10.5 Å². The molecule has 6 heteroatoms. The Hall–Kier alpha value is -3.12. The minimum atomic E-state index is -0.346. The molecular formula is C25H30N2O4. The zero-order valence-corrected chi connectivity index (χ0v) is 18.6. The summed E-state index contributed by atoms with van der Waals surface area (Å²) in [7, 11) is 0. The first-order valence-corrected chi connectivity index (χ1v) is 10.8. The Morgan fingerprint density at radius 2 is 1.61 bits per heavy atom. The van der Waals surface area contributed by atoms with Crippen molar-refractivity contribution in [2.45, 2.75) is 40.2 Å². The molecule has 2 amide bonds. The highest BCUT2D eigenvalue weighted by molar-refractivity contribution is 6.36. The van der Waals surface area contributed by atoms with Crippen molar-refractivity contribution in [3.05, 3.63) is 65.4 Å². The monoisotopic (exact) mass is 422 g/mol. The van der Waals surface area contributed by atoms with Gasteiger partial charge in [0.1, 0.15) is 11.4 Å². The third-order valence-electron chi connectivity index (χ3n) is 5.02. The van der Waals surface area contributed by atoms with E-state index in [0.29, 0.717) is 24.4 Å². The van der Waals surface area contributed by atoms with Gasteiger partial charge in [-0.2, -0.15) is 0 Å². The number of ether oxygens (including phenoxy) is 2. The summed E-state index contributed by atoms with van der Waals surface area (Å²) in [5, 5.41) is 3.19. The Balaban J connectivity index is 1.93. The van der Waals surface area contributed by atoms with Gasteiger partial charge in [-0.05, 0) is 62.6 Å². The number of hydrogen-bond donors (Lipinski definition) is 1. The molecular weight excluding hydrogens is 392 g/mol. The second-order valence-corrected chi connectivity index (χ2v) is 7.56. The van der Waals surface area contributed by atoms with Crippen molar-refractivity contribution in [2.24, 2.45) is 0 Å². The Labute approximate surface area is 183 Å².